The molecular formula is C14H11ClN4O. The van der Waals surface area contributed by atoms with Gasteiger partial charge in [-0.3, -0.25) is 9.72 Å². The molecule has 0 saturated carbocycles. The number of carbonyl (C=O) groups is 1. The minimum absolute atomic E-state index is 0.372. The molecule has 0 radical (unpaired) electrons. The highest BCUT2D eigenvalue weighted by molar-refractivity contribution is 6.30. The molecule has 0 aliphatic carbocycles. The summed E-state index contributed by atoms with van der Waals surface area (Å²) in [5.74, 6) is 0.458. The molecule has 0 bridgehead atoms. The largest absolute Gasteiger partial charge is 0.326 e. The Hall–Kier alpha value is -2.53. The zero-order valence-electron chi connectivity index (χ0n) is 10.4. The Labute approximate surface area is 120 Å². The minimum Gasteiger partial charge on any atom is -0.308 e. The third-order valence-electron chi connectivity index (χ3n) is 2.75. The molecule has 0 spiro atoms. The number of anilines is 2. The summed E-state index contributed by atoms with van der Waals surface area (Å²) in [6.45, 7) is 0. The quantitative estimate of drug-likeness (QED) is 0.756. The predicted molar refractivity (Wildman–Crippen MR) is 79.3 cm³/mol. The highest BCUT2D eigenvalue weighted by atomic mass is 35.5. The van der Waals surface area contributed by atoms with Gasteiger partial charge in [-0.2, -0.15) is 0 Å². The van der Waals surface area contributed by atoms with E-state index >= 15 is 0 Å². The first kappa shape index (κ1) is 12.5. The standard InChI is InChI=1S/C14H11ClN4O/c15-10-4-3-5-11(8-10)17-14(20)18-13-16-9-12-6-1-2-7-19(12)13/h1-9H,(H2,16,17,18,20). The van der Waals surface area contributed by atoms with E-state index in [1.165, 1.54) is 0 Å². The van der Waals surface area contributed by atoms with Crippen LogP contribution in [0.15, 0.2) is 54.9 Å². The van der Waals surface area contributed by atoms with E-state index in [-0.39, 0.29) is 6.03 Å². The first-order valence-corrected chi connectivity index (χ1v) is 6.36. The van der Waals surface area contributed by atoms with Crippen molar-refractivity contribution in [3.05, 3.63) is 59.9 Å². The van der Waals surface area contributed by atoms with Gasteiger partial charge in [-0.1, -0.05) is 23.7 Å². The van der Waals surface area contributed by atoms with Crippen molar-refractivity contribution in [1.82, 2.24) is 9.38 Å². The SMILES string of the molecule is O=C(Nc1cccc(Cl)c1)Nc1ncc2ccccn12. The summed E-state index contributed by atoms with van der Waals surface area (Å²) in [5, 5.41) is 5.95. The van der Waals surface area contributed by atoms with E-state index in [1.807, 2.05) is 24.4 Å². The molecule has 3 rings (SSSR count). The third-order valence-corrected chi connectivity index (χ3v) is 2.98. The monoisotopic (exact) mass is 286 g/mol. The van der Waals surface area contributed by atoms with E-state index in [4.69, 9.17) is 11.6 Å². The van der Waals surface area contributed by atoms with Gasteiger partial charge < -0.3 is 5.32 Å². The van der Waals surface area contributed by atoms with Gasteiger partial charge in [0.2, 0.25) is 5.95 Å². The molecule has 100 valence electrons. The molecule has 0 atom stereocenters. The highest BCUT2D eigenvalue weighted by Gasteiger charge is 2.07. The minimum atomic E-state index is -0.372. The summed E-state index contributed by atoms with van der Waals surface area (Å²) in [6.07, 6.45) is 3.52. The molecule has 0 aliphatic rings. The van der Waals surface area contributed by atoms with Crippen LogP contribution in [-0.4, -0.2) is 15.4 Å². The molecule has 0 aliphatic heterocycles. The van der Waals surface area contributed by atoms with Crippen LogP contribution in [0, 0.1) is 0 Å². The number of hydrogen-bond donors (Lipinski definition) is 2. The third kappa shape index (κ3) is 2.57. The summed E-state index contributed by atoms with van der Waals surface area (Å²) in [5.41, 5.74) is 1.53. The van der Waals surface area contributed by atoms with Gasteiger partial charge in [-0.25, -0.2) is 9.78 Å². The van der Waals surface area contributed by atoms with Crippen LogP contribution in [0.4, 0.5) is 16.4 Å². The molecule has 5 nitrogen and oxygen atoms in total. The molecule has 2 N–H and O–H groups in total. The Morgan fingerprint density at radius 1 is 1.15 bits per heavy atom. The van der Waals surface area contributed by atoms with Crippen molar-refractivity contribution in [2.45, 2.75) is 0 Å². The lowest BCUT2D eigenvalue weighted by atomic mass is 10.3. The zero-order chi connectivity index (χ0) is 13.9. The van der Waals surface area contributed by atoms with E-state index in [0.29, 0.717) is 16.7 Å². The number of carbonyl (C=O) groups excluding carboxylic acids is 1. The molecule has 1 aromatic carbocycles. The number of benzene rings is 1. The number of urea groups is 1. The first-order valence-electron chi connectivity index (χ1n) is 5.98. The lowest BCUT2D eigenvalue weighted by molar-refractivity contribution is 0.262. The van der Waals surface area contributed by atoms with Crippen LogP contribution in [0.25, 0.3) is 5.52 Å². The molecule has 3 aromatic rings. The number of rotatable bonds is 2. The maximum Gasteiger partial charge on any atom is 0.326 e. The predicted octanol–water partition coefficient (Wildman–Crippen LogP) is 3.63. The van der Waals surface area contributed by atoms with Gasteiger partial charge in [0.15, 0.2) is 0 Å². The summed E-state index contributed by atoms with van der Waals surface area (Å²) < 4.78 is 1.79. The lowest BCUT2D eigenvalue weighted by Gasteiger charge is -2.07. The fourth-order valence-electron chi connectivity index (χ4n) is 1.87. The van der Waals surface area contributed by atoms with Crippen molar-refractivity contribution < 1.29 is 4.79 Å². The molecular weight excluding hydrogens is 276 g/mol. The number of aromatic nitrogens is 2. The van der Waals surface area contributed by atoms with E-state index in [1.54, 1.807) is 34.9 Å². The summed E-state index contributed by atoms with van der Waals surface area (Å²) in [7, 11) is 0. The van der Waals surface area contributed by atoms with E-state index in [9.17, 15) is 4.79 Å². The Morgan fingerprint density at radius 2 is 2.05 bits per heavy atom. The fourth-order valence-corrected chi connectivity index (χ4v) is 2.06. The topological polar surface area (TPSA) is 58.4 Å². The van der Waals surface area contributed by atoms with Gasteiger partial charge in [0.25, 0.3) is 0 Å². The number of pyridine rings is 1. The molecule has 2 heterocycles. The normalized spacial score (nSPS) is 10.4. The summed E-state index contributed by atoms with van der Waals surface area (Å²) >= 11 is 5.86. The van der Waals surface area contributed by atoms with Crippen LogP contribution in [0.1, 0.15) is 0 Å². The van der Waals surface area contributed by atoms with Gasteiger partial charge in [-0.05, 0) is 30.3 Å². The molecule has 0 saturated heterocycles. The molecule has 6 heteroatoms. The number of nitrogens with zero attached hydrogens (tertiary/aromatic N) is 2. The Kier molecular flexibility index (Phi) is 3.26. The number of imidazole rings is 1. The Bertz CT molecular complexity index is 768. The second-order valence-electron chi connectivity index (χ2n) is 4.17. The van der Waals surface area contributed by atoms with Crippen molar-refractivity contribution >= 4 is 34.8 Å². The van der Waals surface area contributed by atoms with Crippen LogP contribution in [0.3, 0.4) is 0 Å². The maximum atomic E-state index is 11.9. The highest BCUT2D eigenvalue weighted by Crippen LogP contribution is 2.15. The van der Waals surface area contributed by atoms with Gasteiger partial charge in [0.05, 0.1) is 11.7 Å². The Morgan fingerprint density at radius 3 is 2.90 bits per heavy atom. The molecule has 0 unspecified atom stereocenters. The smallest absolute Gasteiger partial charge is 0.308 e. The van der Waals surface area contributed by atoms with Crippen LogP contribution in [-0.2, 0) is 0 Å². The second-order valence-corrected chi connectivity index (χ2v) is 4.60. The van der Waals surface area contributed by atoms with E-state index in [2.05, 4.69) is 15.6 Å². The fraction of sp³-hybridized carbons (Fsp3) is 0. The maximum absolute atomic E-state index is 11.9. The summed E-state index contributed by atoms with van der Waals surface area (Å²) in [6, 6.07) is 12.3. The number of hydrogen-bond acceptors (Lipinski definition) is 2. The zero-order valence-corrected chi connectivity index (χ0v) is 11.1. The van der Waals surface area contributed by atoms with Crippen molar-refractivity contribution in [2.24, 2.45) is 0 Å². The van der Waals surface area contributed by atoms with Gasteiger partial charge in [-0.15, -0.1) is 0 Å². The number of amides is 2. The lowest BCUT2D eigenvalue weighted by Crippen LogP contribution is -2.20. The molecule has 0 fully saturated rings. The second kappa shape index (κ2) is 5.22. The molecule has 20 heavy (non-hydrogen) atoms. The van der Waals surface area contributed by atoms with Crippen LogP contribution in [0.5, 0.6) is 0 Å². The van der Waals surface area contributed by atoms with Crippen LogP contribution >= 0.6 is 11.6 Å². The average Bonchev–Trinajstić information content (AvgIpc) is 2.82. The van der Waals surface area contributed by atoms with Gasteiger partial charge >= 0.3 is 6.03 Å². The van der Waals surface area contributed by atoms with Crippen LogP contribution in [0.2, 0.25) is 5.02 Å². The van der Waals surface area contributed by atoms with Crippen molar-refractivity contribution in [3.8, 4) is 0 Å². The average molecular weight is 287 g/mol. The number of halogens is 1. The summed E-state index contributed by atoms with van der Waals surface area (Å²) in [4.78, 5) is 16.1. The van der Waals surface area contributed by atoms with Gasteiger partial charge in [0, 0.05) is 16.9 Å². The molecule has 2 amide bonds. The van der Waals surface area contributed by atoms with Crippen molar-refractivity contribution in [3.63, 3.8) is 0 Å². The van der Waals surface area contributed by atoms with Crippen molar-refractivity contribution in [1.29, 1.82) is 0 Å². The Balaban J connectivity index is 1.76. The van der Waals surface area contributed by atoms with E-state index < -0.39 is 0 Å². The first-order chi connectivity index (χ1) is 9.72. The van der Waals surface area contributed by atoms with E-state index in [0.717, 1.165) is 5.52 Å². The molecule has 2 aromatic heterocycles. The number of nitrogens with one attached hydrogen (secondary N) is 2. The van der Waals surface area contributed by atoms with Gasteiger partial charge in [0.1, 0.15) is 0 Å². The van der Waals surface area contributed by atoms with Crippen LogP contribution < -0.4 is 10.6 Å². The van der Waals surface area contributed by atoms with Crippen molar-refractivity contribution in [2.75, 3.05) is 10.6 Å². The number of fused-ring (bicyclic) bond motifs is 1.